The molecule has 3 N–H and O–H groups in total. The molecule has 1 aliphatic carbocycles. The predicted octanol–water partition coefficient (Wildman–Crippen LogP) is 1.05. The van der Waals surface area contributed by atoms with Gasteiger partial charge in [-0.3, -0.25) is 10.1 Å². The van der Waals surface area contributed by atoms with Crippen LogP contribution in [-0.2, 0) is 4.79 Å². The minimum Gasteiger partial charge on any atom is -0.357 e. The first-order valence-electron chi connectivity index (χ1n) is 5.87. The fourth-order valence-electron chi connectivity index (χ4n) is 1.20. The van der Waals surface area contributed by atoms with Gasteiger partial charge in [-0.2, -0.15) is 0 Å². The Morgan fingerprint density at radius 2 is 2.16 bits per heavy atom. The molecule has 0 bridgehead atoms. The number of urea groups is 1. The molecule has 3 amide bonds. The fraction of sp³-hybridized carbons (Fsp3) is 0.600. The molecule has 0 aromatic carbocycles. The molecule has 0 radical (unpaired) electrons. The highest BCUT2D eigenvalue weighted by Gasteiger charge is 2.23. The van der Waals surface area contributed by atoms with E-state index in [0.29, 0.717) is 10.4 Å². The summed E-state index contributed by atoms with van der Waals surface area (Å²) in [7, 11) is 1.46. The largest absolute Gasteiger partial charge is 0.357 e. The topological polar surface area (TPSA) is 96.0 Å². The zero-order chi connectivity index (χ0) is 13.8. The van der Waals surface area contributed by atoms with E-state index in [1.807, 2.05) is 0 Å². The fourth-order valence-corrected chi connectivity index (χ4v) is 3.17. The number of nitrogens with zero attached hydrogens (tertiary/aromatic N) is 2. The van der Waals surface area contributed by atoms with Gasteiger partial charge in [-0.05, 0) is 19.8 Å². The maximum absolute atomic E-state index is 11.7. The van der Waals surface area contributed by atoms with Gasteiger partial charge in [-0.15, -0.1) is 10.2 Å². The lowest BCUT2D eigenvalue weighted by Gasteiger charge is -2.08. The predicted molar refractivity (Wildman–Crippen MR) is 74.5 cm³/mol. The normalized spacial score (nSPS) is 15.7. The molecule has 1 saturated carbocycles. The van der Waals surface area contributed by atoms with E-state index in [2.05, 4.69) is 26.1 Å². The Morgan fingerprint density at radius 1 is 1.42 bits per heavy atom. The molecule has 1 heterocycles. The van der Waals surface area contributed by atoms with Gasteiger partial charge in [-0.1, -0.05) is 23.1 Å². The summed E-state index contributed by atoms with van der Waals surface area (Å²) in [5.74, 6) is -0.351. The lowest BCUT2D eigenvalue weighted by molar-refractivity contribution is -0.119. The Hall–Kier alpha value is -1.35. The van der Waals surface area contributed by atoms with Crippen LogP contribution in [0.4, 0.5) is 9.93 Å². The number of rotatable bonds is 5. The summed E-state index contributed by atoms with van der Waals surface area (Å²) in [6.07, 6.45) is 2.35. The molecule has 0 unspecified atom stereocenters. The number of carbonyl (C=O) groups is 2. The molecular formula is C10H15N5O2S2. The quantitative estimate of drug-likeness (QED) is 0.704. The molecular weight excluding hydrogens is 286 g/mol. The molecule has 0 saturated heterocycles. The lowest BCUT2D eigenvalue weighted by atomic mass is 10.4. The number of hydrogen-bond acceptors (Lipinski definition) is 7. The van der Waals surface area contributed by atoms with Crippen molar-refractivity contribution in [3.8, 4) is 0 Å². The van der Waals surface area contributed by atoms with E-state index in [9.17, 15) is 9.59 Å². The molecule has 0 spiro atoms. The van der Waals surface area contributed by atoms with Crippen molar-refractivity contribution in [2.75, 3.05) is 12.4 Å². The van der Waals surface area contributed by atoms with Crippen LogP contribution >= 0.6 is 23.1 Å². The van der Waals surface area contributed by atoms with Crippen LogP contribution < -0.4 is 16.0 Å². The van der Waals surface area contributed by atoms with Gasteiger partial charge >= 0.3 is 6.03 Å². The van der Waals surface area contributed by atoms with E-state index in [0.717, 1.165) is 5.13 Å². The van der Waals surface area contributed by atoms with Crippen LogP contribution in [0.3, 0.4) is 0 Å². The van der Waals surface area contributed by atoms with Crippen LogP contribution in [0.2, 0.25) is 0 Å². The van der Waals surface area contributed by atoms with E-state index in [1.165, 1.54) is 43.0 Å². The second-order valence-electron chi connectivity index (χ2n) is 4.12. The molecule has 1 fully saturated rings. The number of thioether (sulfide) groups is 1. The van der Waals surface area contributed by atoms with Crippen LogP contribution in [0, 0.1) is 0 Å². The molecule has 0 aliphatic heterocycles. The maximum atomic E-state index is 11.7. The minimum atomic E-state index is -0.509. The Balaban J connectivity index is 1.83. The van der Waals surface area contributed by atoms with E-state index >= 15 is 0 Å². The van der Waals surface area contributed by atoms with E-state index in [4.69, 9.17) is 0 Å². The standard InChI is InChI=1S/C10H15N5O2S2/c1-5(7(16)13-8(17)11-2)18-10-15-14-9(19-10)12-6-3-4-6/h5-6H,3-4H2,1-2H3,(H,12,14)(H2,11,13,16,17)/t5-/m1/s1. The van der Waals surface area contributed by atoms with Crippen LogP contribution in [0.1, 0.15) is 19.8 Å². The third-order valence-corrected chi connectivity index (χ3v) is 4.46. The summed E-state index contributed by atoms with van der Waals surface area (Å²) < 4.78 is 0.711. The van der Waals surface area contributed by atoms with Gasteiger partial charge in [0.05, 0.1) is 5.25 Å². The van der Waals surface area contributed by atoms with Gasteiger partial charge < -0.3 is 10.6 Å². The summed E-state index contributed by atoms with van der Waals surface area (Å²) in [6.45, 7) is 1.72. The van der Waals surface area contributed by atoms with E-state index in [1.54, 1.807) is 6.92 Å². The van der Waals surface area contributed by atoms with Crippen molar-refractivity contribution in [1.29, 1.82) is 0 Å². The summed E-state index contributed by atoms with van der Waals surface area (Å²) in [6, 6.07) is 0.0191. The van der Waals surface area contributed by atoms with Gasteiger partial charge in [0.2, 0.25) is 11.0 Å². The first-order valence-corrected chi connectivity index (χ1v) is 7.57. The Bertz CT molecular complexity index is 474. The van der Waals surface area contributed by atoms with E-state index in [-0.39, 0.29) is 5.91 Å². The highest BCUT2D eigenvalue weighted by atomic mass is 32.2. The number of nitrogens with one attached hydrogen (secondary N) is 3. The van der Waals surface area contributed by atoms with Crippen molar-refractivity contribution in [2.45, 2.75) is 35.4 Å². The van der Waals surface area contributed by atoms with Crippen molar-refractivity contribution in [3.63, 3.8) is 0 Å². The third kappa shape index (κ3) is 4.35. The Kier molecular flexibility index (Phi) is 4.59. The van der Waals surface area contributed by atoms with Gasteiger partial charge in [0, 0.05) is 13.1 Å². The number of anilines is 1. The summed E-state index contributed by atoms with van der Waals surface area (Å²) in [5, 5.41) is 16.2. The number of hydrogen-bond donors (Lipinski definition) is 3. The van der Waals surface area contributed by atoms with Gasteiger partial charge in [0.25, 0.3) is 0 Å². The molecule has 104 valence electrons. The molecule has 7 nitrogen and oxygen atoms in total. The van der Waals surface area contributed by atoms with Gasteiger partial charge in [0.15, 0.2) is 4.34 Å². The molecule has 1 aliphatic rings. The van der Waals surface area contributed by atoms with Crippen molar-refractivity contribution < 1.29 is 9.59 Å². The number of amides is 3. The van der Waals surface area contributed by atoms with Crippen molar-refractivity contribution in [3.05, 3.63) is 0 Å². The second-order valence-corrected chi connectivity index (χ2v) is 6.69. The first-order chi connectivity index (χ1) is 9.08. The average molecular weight is 301 g/mol. The van der Waals surface area contributed by atoms with Crippen molar-refractivity contribution >= 4 is 40.2 Å². The van der Waals surface area contributed by atoms with Crippen LogP contribution in [0.25, 0.3) is 0 Å². The van der Waals surface area contributed by atoms with Gasteiger partial charge in [0.1, 0.15) is 0 Å². The van der Waals surface area contributed by atoms with Crippen LogP contribution in [-0.4, -0.2) is 40.5 Å². The zero-order valence-electron chi connectivity index (χ0n) is 10.6. The summed E-state index contributed by atoms with van der Waals surface area (Å²) in [4.78, 5) is 22.7. The lowest BCUT2D eigenvalue weighted by Crippen LogP contribution is -2.41. The van der Waals surface area contributed by atoms with Crippen LogP contribution in [0.15, 0.2) is 4.34 Å². The SMILES string of the molecule is CNC(=O)NC(=O)[C@@H](C)Sc1nnc(NC2CC2)s1. The highest BCUT2D eigenvalue weighted by molar-refractivity contribution is 8.02. The molecule has 1 aromatic rings. The van der Waals surface area contributed by atoms with Gasteiger partial charge in [-0.25, -0.2) is 4.79 Å². The molecule has 2 rings (SSSR count). The first kappa shape index (κ1) is 14.1. The molecule has 1 atom stereocenters. The third-order valence-electron chi connectivity index (χ3n) is 2.42. The molecule has 9 heteroatoms. The van der Waals surface area contributed by atoms with Crippen LogP contribution in [0.5, 0.6) is 0 Å². The van der Waals surface area contributed by atoms with E-state index < -0.39 is 11.3 Å². The monoisotopic (exact) mass is 301 g/mol. The van der Waals surface area contributed by atoms with Crippen molar-refractivity contribution in [1.82, 2.24) is 20.8 Å². The number of aromatic nitrogens is 2. The summed E-state index contributed by atoms with van der Waals surface area (Å²) in [5.41, 5.74) is 0. The number of carbonyl (C=O) groups excluding carboxylic acids is 2. The molecule has 1 aromatic heterocycles. The Labute approximate surface area is 118 Å². The second kappa shape index (κ2) is 6.20. The smallest absolute Gasteiger partial charge is 0.321 e. The van der Waals surface area contributed by atoms with Crippen molar-refractivity contribution in [2.24, 2.45) is 0 Å². The highest BCUT2D eigenvalue weighted by Crippen LogP contribution is 2.31. The Morgan fingerprint density at radius 3 is 2.79 bits per heavy atom. The minimum absolute atomic E-state index is 0.351. The summed E-state index contributed by atoms with van der Waals surface area (Å²) >= 11 is 2.71. The average Bonchev–Trinajstić information content (AvgIpc) is 3.08. The zero-order valence-corrected chi connectivity index (χ0v) is 12.2. The number of imide groups is 1. The maximum Gasteiger partial charge on any atom is 0.321 e. The molecule has 19 heavy (non-hydrogen) atoms.